The van der Waals surface area contributed by atoms with Crippen LogP contribution in [0.1, 0.15) is 6.92 Å². The largest absolute Gasteiger partial charge is 0.467 e. The molecule has 0 radical (unpaired) electrons. The van der Waals surface area contributed by atoms with E-state index in [4.69, 9.17) is 5.11 Å². The normalized spacial score (nSPS) is 11.9. The third-order valence-corrected chi connectivity index (χ3v) is 1.42. The van der Waals surface area contributed by atoms with E-state index in [2.05, 4.69) is 4.74 Å². The van der Waals surface area contributed by atoms with E-state index >= 15 is 0 Å². The van der Waals surface area contributed by atoms with Gasteiger partial charge in [0.05, 0.1) is 7.11 Å². The molecule has 5 nitrogen and oxygen atoms in total. The molecule has 0 bridgehead atoms. The fourth-order valence-electron chi connectivity index (χ4n) is 0.494. The molecule has 0 aromatic carbocycles. The Kier molecular flexibility index (Phi) is 3.36. The molecule has 0 saturated carbocycles. The van der Waals surface area contributed by atoms with E-state index in [-0.39, 0.29) is 0 Å². The van der Waals surface area contributed by atoms with Crippen LogP contribution >= 0.6 is 0 Å². The summed E-state index contributed by atoms with van der Waals surface area (Å²) in [5.41, 5.74) is 0. The van der Waals surface area contributed by atoms with E-state index in [9.17, 15) is 9.59 Å². The van der Waals surface area contributed by atoms with Crippen LogP contribution in [0.25, 0.3) is 0 Å². The van der Waals surface area contributed by atoms with E-state index < -0.39 is 18.1 Å². The molecule has 1 N–H and O–H groups in total. The topological polar surface area (TPSA) is 66.8 Å². The first-order valence-electron chi connectivity index (χ1n) is 3.04. The molecule has 0 aromatic rings. The highest BCUT2D eigenvalue weighted by molar-refractivity contribution is 5.80. The predicted octanol–water partition coefficient (Wildman–Crippen LogP) is 0.158. The minimum atomic E-state index is -1.15. The fraction of sp³-hybridized carbons (Fsp3) is 0.667. The molecule has 11 heavy (non-hydrogen) atoms. The van der Waals surface area contributed by atoms with Crippen molar-refractivity contribution in [3.05, 3.63) is 0 Å². The molecule has 1 amide bonds. The molecule has 0 saturated heterocycles. The molecule has 0 rings (SSSR count). The maximum atomic E-state index is 10.7. The molecule has 0 aliphatic heterocycles. The molecule has 0 heterocycles. The Bertz CT molecular complexity index is 168. The number of nitrogens with zero attached hydrogens (tertiary/aromatic N) is 1. The molecular formula is C6H11NO4. The van der Waals surface area contributed by atoms with E-state index in [0.29, 0.717) is 0 Å². The summed E-state index contributed by atoms with van der Waals surface area (Å²) in [7, 11) is 2.53. The molecule has 1 atom stereocenters. The Morgan fingerprint density at radius 1 is 1.55 bits per heavy atom. The van der Waals surface area contributed by atoms with Crippen LogP contribution < -0.4 is 0 Å². The van der Waals surface area contributed by atoms with Gasteiger partial charge in [0.25, 0.3) is 0 Å². The zero-order chi connectivity index (χ0) is 9.02. The number of likely N-dealkylation sites (N-methyl/N-ethyl adjacent to an activating group) is 1. The number of hydrogen-bond donors (Lipinski definition) is 1. The summed E-state index contributed by atoms with van der Waals surface area (Å²) in [6.07, 6.45) is -1.15. The van der Waals surface area contributed by atoms with Crippen LogP contribution in [0.2, 0.25) is 0 Å². The standard InChI is InChI=1S/C6H11NO4/c1-4(5(8)11-3)7(2)6(9)10/h4H,1-3H3,(H,9,10). The van der Waals surface area contributed by atoms with Crippen LogP contribution in [-0.2, 0) is 9.53 Å². The number of carbonyl (C=O) groups excluding carboxylic acids is 1. The molecule has 5 heteroatoms. The summed E-state index contributed by atoms with van der Waals surface area (Å²) >= 11 is 0. The summed E-state index contributed by atoms with van der Waals surface area (Å²) in [5, 5.41) is 8.41. The number of rotatable bonds is 2. The van der Waals surface area contributed by atoms with Crippen molar-refractivity contribution in [3.63, 3.8) is 0 Å². The van der Waals surface area contributed by atoms with Gasteiger partial charge in [-0.1, -0.05) is 0 Å². The van der Waals surface area contributed by atoms with Crippen LogP contribution in [0.3, 0.4) is 0 Å². The van der Waals surface area contributed by atoms with Gasteiger partial charge in [-0.25, -0.2) is 9.59 Å². The Morgan fingerprint density at radius 3 is 2.27 bits per heavy atom. The number of amides is 1. The molecule has 0 aromatic heterocycles. The summed E-state index contributed by atoms with van der Waals surface area (Å²) in [5.74, 6) is -0.560. The van der Waals surface area contributed by atoms with E-state index in [1.807, 2.05) is 0 Å². The first-order valence-corrected chi connectivity index (χ1v) is 3.04. The van der Waals surface area contributed by atoms with Crippen molar-refractivity contribution in [2.45, 2.75) is 13.0 Å². The maximum Gasteiger partial charge on any atom is 0.407 e. The Hall–Kier alpha value is -1.26. The quantitative estimate of drug-likeness (QED) is 0.586. The van der Waals surface area contributed by atoms with Crippen LogP contribution in [-0.4, -0.2) is 42.3 Å². The van der Waals surface area contributed by atoms with Gasteiger partial charge >= 0.3 is 12.1 Å². The summed E-state index contributed by atoms with van der Waals surface area (Å²) in [6.45, 7) is 1.46. The molecule has 64 valence electrons. The lowest BCUT2D eigenvalue weighted by Crippen LogP contribution is -2.40. The molecule has 0 fully saturated rings. The fourth-order valence-corrected chi connectivity index (χ4v) is 0.494. The van der Waals surface area contributed by atoms with Gasteiger partial charge in [0.2, 0.25) is 0 Å². The average molecular weight is 161 g/mol. The molecular weight excluding hydrogens is 150 g/mol. The molecule has 1 unspecified atom stereocenters. The van der Waals surface area contributed by atoms with Gasteiger partial charge in [-0.05, 0) is 6.92 Å². The van der Waals surface area contributed by atoms with Crippen molar-refractivity contribution < 1.29 is 19.4 Å². The number of methoxy groups -OCH3 is 1. The highest BCUT2D eigenvalue weighted by atomic mass is 16.5. The number of ether oxygens (including phenoxy) is 1. The predicted molar refractivity (Wildman–Crippen MR) is 37.3 cm³/mol. The van der Waals surface area contributed by atoms with Crippen molar-refractivity contribution in [3.8, 4) is 0 Å². The number of carbonyl (C=O) groups is 2. The van der Waals surface area contributed by atoms with Crippen LogP contribution in [0.5, 0.6) is 0 Å². The maximum absolute atomic E-state index is 10.7. The van der Waals surface area contributed by atoms with Crippen molar-refractivity contribution in [2.75, 3.05) is 14.2 Å². The molecule has 0 aliphatic rings. The lowest BCUT2D eigenvalue weighted by atomic mass is 10.3. The second-order valence-corrected chi connectivity index (χ2v) is 2.09. The van der Waals surface area contributed by atoms with Crippen molar-refractivity contribution in [1.29, 1.82) is 0 Å². The van der Waals surface area contributed by atoms with Gasteiger partial charge in [-0.15, -0.1) is 0 Å². The smallest absolute Gasteiger partial charge is 0.407 e. The average Bonchev–Trinajstić information content (AvgIpc) is 2.00. The second kappa shape index (κ2) is 3.80. The lowest BCUT2D eigenvalue weighted by Gasteiger charge is -2.18. The summed E-state index contributed by atoms with van der Waals surface area (Å²) in [4.78, 5) is 21.9. The zero-order valence-electron chi connectivity index (χ0n) is 6.70. The minimum absolute atomic E-state index is 0.560. The van der Waals surface area contributed by atoms with Gasteiger partial charge in [0.15, 0.2) is 0 Å². The van der Waals surface area contributed by atoms with E-state index in [1.165, 1.54) is 21.1 Å². The molecule has 0 spiro atoms. The van der Waals surface area contributed by atoms with Crippen molar-refractivity contribution >= 4 is 12.1 Å². The summed E-state index contributed by atoms with van der Waals surface area (Å²) in [6, 6.07) is -0.752. The van der Waals surface area contributed by atoms with Gasteiger partial charge in [0, 0.05) is 7.05 Å². The third-order valence-electron chi connectivity index (χ3n) is 1.42. The van der Waals surface area contributed by atoms with Gasteiger partial charge in [-0.2, -0.15) is 0 Å². The minimum Gasteiger partial charge on any atom is -0.467 e. The first-order chi connectivity index (χ1) is 5.00. The van der Waals surface area contributed by atoms with Crippen molar-refractivity contribution in [2.24, 2.45) is 0 Å². The lowest BCUT2D eigenvalue weighted by molar-refractivity contribution is -0.145. The SMILES string of the molecule is COC(=O)C(C)N(C)C(=O)O. The summed E-state index contributed by atoms with van der Waals surface area (Å²) < 4.78 is 4.34. The second-order valence-electron chi connectivity index (χ2n) is 2.09. The zero-order valence-corrected chi connectivity index (χ0v) is 6.70. The number of carboxylic acid groups (broad SMARTS) is 1. The van der Waals surface area contributed by atoms with Gasteiger partial charge in [0.1, 0.15) is 6.04 Å². The van der Waals surface area contributed by atoms with Crippen LogP contribution in [0.15, 0.2) is 0 Å². The highest BCUT2D eigenvalue weighted by Gasteiger charge is 2.21. The highest BCUT2D eigenvalue weighted by Crippen LogP contribution is 1.97. The number of esters is 1. The van der Waals surface area contributed by atoms with Gasteiger partial charge in [-0.3, -0.25) is 4.90 Å². The Balaban J connectivity index is 4.12. The Morgan fingerprint density at radius 2 is 2.00 bits per heavy atom. The van der Waals surface area contributed by atoms with E-state index in [0.717, 1.165) is 4.90 Å². The third kappa shape index (κ3) is 2.45. The van der Waals surface area contributed by atoms with Gasteiger partial charge < -0.3 is 9.84 Å². The monoisotopic (exact) mass is 161 g/mol. The van der Waals surface area contributed by atoms with Crippen LogP contribution in [0, 0.1) is 0 Å². The van der Waals surface area contributed by atoms with Crippen LogP contribution in [0.4, 0.5) is 4.79 Å². The molecule has 0 aliphatic carbocycles. The van der Waals surface area contributed by atoms with E-state index in [1.54, 1.807) is 0 Å². The van der Waals surface area contributed by atoms with Crippen molar-refractivity contribution in [1.82, 2.24) is 4.90 Å². The Labute approximate surface area is 64.6 Å². The number of hydrogen-bond acceptors (Lipinski definition) is 3. The first kappa shape index (κ1) is 9.74.